The van der Waals surface area contributed by atoms with E-state index < -0.39 is 0 Å². The van der Waals surface area contributed by atoms with E-state index in [2.05, 4.69) is 17.0 Å². The van der Waals surface area contributed by atoms with Crippen LogP contribution < -0.4 is 9.80 Å². The molecule has 218 valence electrons. The van der Waals surface area contributed by atoms with Crippen molar-refractivity contribution in [2.75, 3.05) is 49.6 Å². The predicted molar refractivity (Wildman–Crippen MR) is 165 cm³/mol. The van der Waals surface area contributed by atoms with Gasteiger partial charge in [0, 0.05) is 76.4 Å². The minimum absolute atomic E-state index is 0.0326. The molecule has 0 radical (unpaired) electrons. The van der Waals surface area contributed by atoms with Crippen molar-refractivity contribution in [3.63, 3.8) is 0 Å². The Kier molecular flexibility index (Phi) is 11.2. The smallest absolute Gasteiger partial charge is 0.226 e. The van der Waals surface area contributed by atoms with E-state index in [1.54, 1.807) is 12.1 Å². The van der Waals surface area contributed by atoms with Crippen LogP contribution in [0, 0.1) is 5.82 Å². The molecular weight excluding hydrogens is 539 g/mol. The summed E-state index contributed by atoms with van der Waals surface area (Å²) in [5, 5.41) is 0.567. The Morgan fingerprint density at radius 3 is 2.39 bits per heavy atom. The second-order valence-corrected chi connectivity index (χ2v) is 11.1. The fraction of sp³-hybridized carbons (Fsp3) is 0.394. The summed E-state index contributed by atoms with van der Waals surface area (Å²) in [4.78, 5) is 35.1. The van der Waals surface area contributed by atoms with Gasteiger partial charge in [0.1, 0.15) is 5.82 Å². The van der Waals surface area contributed by atoms with Gasteiger partial charge in [-0.3, -0.25) is 14.5 Å². The first-order valence-corrected chi connectivity index (χ1v) is 14.8. The molecule has 3 aromatic rings. The first kappa shape index (κ1) is 30.5. The summed E-state index contributed by atoms with van der Waals surface area (Å²) >= 11 is 6.43. The molecule has 0 saturated heterocycles. The number of carbonyl (C=O) groups excluding carboxylic acids is 2. The Morgan fingerprint density at radius 2 is 1.66 bits per heavy atom. The molecule has 2 amide bonds. The summed E-state index contributed by atoms with van der Waals surface area (Å²) in [5.41, 5.74) is 3.77. The topological polar surface area (TPSA) is 47.1 Å². The molecule has 0 N–H and O–H groups in total. The van der Waals surface area contributed by atoms with Crippen LogP contribution in [-0.2, 0) is 22.7 Å². The molecule has 0 bridgehead atoms. The highest BCUT2D eigenvalue weighted by atomic mass is 35.5. The van der Waals surface area contributed by atoms with Crippen molar-refractivity contribution < 1.29 is 14.0 Å². The van der Waals surface area contributed by atoms with Crippen molar-refractivity contribution >= 4 is 34.8 Å². The Bertz CT molecular complexity index is 1290. The minimum Gasteiger partial charge on any atom is -0.374 e. The van der Waals surface area contributed by atoms with Gasteiger partial charge in [0.15, 0.2) is 0 Å². The molecular formula is C33H40ClFN4O2. The first-order valence-electron chi connectivity index (χ1n) is 14.4. The van der Waals surface area contributed by atoms with Gasteiger partial charge in [-0.15, -0.1) is 0 Å². The van der Waals surface area contributed by atoms with Crippen molar-refractivity contribution in [1.82, 2.24) is 9.80 Å². The van der Waals surface area contributed by atoms with Crippen LogP contribution in [-0.4, -0.2) is 61.4 Å². The van der Waals surface area contributed by atoms with Gasteiger partial charge in [0.2, 0.25) is 11.8 Å². The largest absolute Gasteiger partial charge is 0.374 e. The number of rotatable bonds is 8. The average molecular weight is 579 g/mol. The first-order chi connectivity index (χ1) is 19.8. The van der Waals surface area contributed by atoms with Crippen LogP contribution in [0.25, 0.3) is 0 Å². The molecule has 8 heteroatoms. The molecule has 0 aliphatic carbocycles. The molecule has 4 rings (SSSR count). The number of benzene rings is 3. The quantitative estimate of drug-likeness (QED) is 0.311. The lowest BCUT2D eigenvalue weighted by Crippen LogP contribution is -2.39. The van der Waals surface area contributed by atoms with Gasteiger partial charge < -0.3 is 14.7 Å². The highest BCUT2D eigenvalue weighted by molar-refractivity contribution is 6.31. The number of halogens is 2. The number of nitrogens with zero attached hydrogens (tertiary/aromatic N) is 4. The van der Waals surface area contributed by atoms with Crippen LogP contribution in [0.15, 0.2) is 72.8 Å². The van der Waals surface area contributed by atoms with E-state index in [9.17, 15) is 14.0 Å². The van der Waals surface area contributed by atoms with Crippen LogP contribution in [0.2, 0.25) is 5.02 Å². The van der Waals surface area contributed by atoms with E-state index in [0.29, 0.717) is 44.0 Å². The Balaban J connectivity index is 1.58. The standard InChI is InChI=1S/C33H40ClFN4O2/c1-3-8-33(41)39-19-7-18-37(24-26-9-5-4-6-10-26)21-22-38(25-27-11-12-28(34)23-31(27)39)32(40)17-20-36(2)30-15-13-29(35)14-16-30/h4-6,9-16,23H,3,7-8,17-22,24-25H2,1-2H3. The molecule has 41 heavy (non-hydrogen) atoms. The van der Waals surface area contributed by atoms with Gasteiger partial charge in [-0.25, -0.2) is 4.39 Å². The van der Waals surface area contributed by atoms with Gasteiger partial charge in [0.05, 0.1) is 5.69 Å². The highest BCUT2D eigenvalue weighted by Crippen LogP contribution is 2.28. The Hall–Kier alpha value is -3.42. The van der Waals surface area contributed by atoms with E-state index in [-0.39, 0.29) is 17.6 Å². The van der Waals surface area contributed by atoms with Crippen molar-refractivity contribution in [2.24, 2.45) is 0 Å². The number of amides is 2. The van der Waals surface area contributed by atoms with Crippen LogP contribution in [0.4, 0.5) is 15.8 Å². The number of hydrogen-bond donors (Lipinski definition) is 0. The minimum atomic E-state index is -0.285. The van der Waals surface area contributed by atoms with Gasteiger partial charge in [-0.05, 0) is 60.4 Å². The molecule has 0 unspecified atom stereocenters. The van der Waals surface area contributed by atoms with E-state index >= 15 is 0 Å². The van der Waals surface area contributed by atoms with Crippen molar-refractivity contribution in [1.29, 1.82) is 0 Å². The lowest BCUT2D eigenvalue weighted by Gasteiger charge is -2.29. The molecule has 6 nitrogen and oxygen atoms in total. The summed E-state index contributed by atoms with van der Waals surface area (Å²) in [7, 11) is 1.91. The van der Waals surface area contributed by atoms with Crippen LogP contribution in [0.5, 0.6) is 0 Å². The summed E-state index contributed by atoms with van der Waals surface area (Å²) < 4.78 is 13.4. The highest BCUT2D eigenvalue weighted by Gasteiger charge is 2.24. The monoisotopic (exact) mass is 578 g/mol. The third-order valence-electron chi connectivity index (χ3n) is 7.54. The van der Waals surface area contributed by atoms with E-state index in [1.807, 2.05) is 65.1 Å². The zero-order valence-corrected chi connectivity index (χ0v) is 24.8. The Morgan fingerprint density at radius 1 is 0.902 bits per heavy atom. The van der Waals surface area contributed by atoms with Crippen LogP contribution in [0.3, 0.4) is 0 Å². The van der Waals surface area contributed by atoms with Crippen LogP contribution >= 0.6 is 11.6 Å². The zero-order valence-electron chi connectivity index (χ0n) is 24.1. The van der Waals surface area contributed by atoms with Crippen molar-refractivity contribution in [3.8, 4) is 0 Å². The van der Waals surface area contributed by atoms with Gasteiger partial charge in [-0.2, -0.15) is 0 Å². The van der Waals surface area contributed by atoms with E-state index in [0.717, 1.165) is 49.4 Å². The molecule has 0 spiro atoms. The molecule has 1 aliphatic rings. The van der Waals surface area contributed by atoms with Crippen molar-refractivity contribution in [2.45, 2.75) is 45.7 Å². The van der Waals surface area contributed by atoms with Crippen LogP contribution in [0.1, 0.15) is 43.7 Å². The molecule has 0 atom stereocenters. The fourth-order valence-electron chi connectivity index (χ4n) is 5.22. The van der Waals surface area contributed by atoms with Gasteiger partial charge in [-0.1, -0.05) is 54.9 Å². The lowest BCUT2D eigenvalue weighted by atomic mass is 10.1. The number of carbonyl (C=O) groups is 2. The summed E-state index contributed by atoms with van der Waals surface area (Å²) in [6.45, 7) is 6.36. The SMILES string of the molecule is CCCC(=O)N1CCCN(Cc2ccccc2)CCN(C(=O)CCN(C)c2ccc(F)cc2)Cc2ccc(Cl)cc21. The lowest BCUT2D eigenvalue weighted by molar-refractivity contribution is -0.131. The molecule has 0 aromatic heterocycles. The predicted octanol–water partition coefficient (Wildman–Crippen LogP) is 6.37. The second-order valence-electron chi connectivity index (χ2n) is 10.6. The second kappa shape index (κ2) is 15.0. The Labute approximate surface area is 248 Å². The van der Waals surface area contributed by atoms with Gasteiger partial charge in [0.25, 0.3) is 0 Å². The third kappa shape index (κ3) is 8.78. The zero-order chi connectivity index (χ0) is 29.2. The van der Waals surface area contributed by atoms with Crippen molar-refractivity contribution in [3.05, 3.63) is 94.8 Å². The normalized spacial score (nSPS) is 14.7. The maximum absolute atomic E-state index is 13.7. The molecule has 0 saturated carbocycles. The summed E-state index contributed by atoms with van der Waals surface area (Å²) in [6, 6.07) is 22.3. The van der Waals surface area contributed by atoms with Gasteiger partial charge >= 0.3 is 0 Å². The molecule has 1 aliphatic heterocycles. The number of anilines is 2. The average Bonchev–Trinajstić information content (AvgIpc) is 3.00. The van der Waals surface area contributed by atoms with E-state index in [4.69, 9.17) is 11.6 Å². The summed E-state index contributed by atoms with van der Waals surface area (Å²) in [5.74, 6) is -0.180. The molecule has 3 aromatic carbocycles. The van der Waals surface area contributed by atoms with E-state index in [1.165, 1.54) is 17.7 Å². The molecule has 1 heterocycles. The number of hydrogen-bond acceptors (Lipinski definition) is 4. The maximum atomic E-state index is 13.7. The number of fused-ring (bicyclic) bond motifs is 1. The fourth-order valence-corrected chi connectivity index (χ4v) is 5.39. The maximum Gasteiger partial charge on any atom is 0.226 e. The third-order valence-corrected chi connectivity index (χ3v) is 7.77. The summed E-state index contributed by atoms with van der Waals surface area (Å²) in [6.07, 6.45) is 2.34. The molecule has 0 fully saturated rings.